The summed E-state index contributed by atoms with van der Waals surface area (Å²) in [5.74, 6) is 1.13. The van der Waals surface area contributed by atoms with Crippen molar-refractivity contribution in [3.63, 3.8) is 0 Å². The van der Waals surface area contributed by atoms with Crippen LogP contribution in [0.3, 0.4) is 0 Å². The largest absolute Gasteiger partial charge is 0.384 e. The van der Waals surface area contributed by atoms with Gasteiger partial charge in [0.05, 0.1) is 18.5 Å². The summed E-state index contributed by atoms with van der Waals surface area (Å²) in [6, 6.07) is 0. The van der Waals surface area contributed by atoms with Crippen molar-refractivity contribution < 1.29 is 4.74 Å². The highest BCUT2D eigenvalue weighted by molar-refractivity contribution is 5.07. The van der Waals surface area contributed by atoms with Crippen LogP contribution in [0.4, 0.5) is 0 Å². The first-order valence-corrected chi connectivity index (χ1v) is 5.12. The van der Waals surface area contributed by atoms with E-state index in [0.717, 1.165) is 43.8 Å². The lowest BCUT2D eigenvalue weighted by atomic mass is 10.1. The average Bonchev–Trinajstić information content (AvgIpc) is 2.59. The fourth-order valence-corrected chi connectivity index (χ4v) is 1.90. The van der Waals surface area contributed by atoms with E-state index >= 15 is 0 Å². The third-order valence-electron chi connectivity index (χ3n) is 2.68. The van der Waals surface area contributed by atoms with E-state index in [1.54, 1.807) is 7.11 Å². The van der Waals surface area contributed by atoms with E-state index in [4.69, 9.17) is 10.5 Å². The zero-order valence-electron chi connectivity index (χ0n) is 8.57. The smallest absolute Gasteiger partial charge is 0.110 e. The van der Waals surface area contributed by atoms with Crippen LogP contribution in [0, 0.1) is 0 Å². The standard InChI is InChI=1S/C10H17N3O/c1-14-6-5-8-7-13-9(11)3-2-4-10(13)12-8/h7,9H,2-6,11H2,1H3. The van der Waals surface area contributed by atoms with Gasteiger partial charge in [0.1, 0.15) is 5.82 Å². The second kappa shape index (κ2) is 4.11. The van der Waals surface area contributed by atoms with Gasteiger partial charge in [-0.05, 0) is 12.8 Å². The number of imidazole rings is 1. The Balaban J connectivity index is 2.13. The molecule has 1 aromatic rings. The fourth-order valence-electron chi connectivity index (χ4n) is 1.90. The Bertz CT molecular complexity index is 308. The molecule has 0 bridgehead atoms. The van der Waals surface area contributed by atoms with Crippen molar-refractivity contribution in [1.29, 1.82) is 0 Å². The predicted octanol–water partition coefficient (Wildman–Crippen LogP) is 0.866. The van der Waals surface area contributed by atoms with Crippen molar-refractivity contribution in [1.82, 2.24) is 9.55 Å². The Hall–Kier alpha value is -0.870. The Morgan fingerprint density at radius 2 is 2.57 bits per heavy atom. The summed E-state index contributed by atoms with van der Waals surface area (Å²) in [6.45, 7) is 0.728. The zero-order chi connectivity index (χ0) is 9.97. The molecule has 2 rings (SSSR count). The molecule has 2 N–H and O–H groups in total. The first-order chi connectivity index (χ1) is 6.81. The molecule has 14 heavy (non-hydrogen) atoms. The van der Waals surface area contributed by atoms with Gasteiger partial charge < -0.3 is 15.0 Å². The van der Waals surface area contributed by atoms with Gasteiger partial charge in [0, 0.05) is 26.1 Å². The number of aryl methyl sites for hydroxylation is 1. The van der Waals surface area contributed by atoms with Crippen molar-refractivity contribution in [2.45, 2.75) is 31.8 Å². The fraction of sp³-hybridized carbons (Fsp3) is 0.700. The van der Waals surface area contributed by atoms with Gasteiger partial charge in [0.2, 0.25) is 0 Å². The maximum atomic E-state index is 5.98. The van der Waals surface area contributed by atoms with Crippen LogP contribution < -0.4 is 5.73 Å². The lowest BCUT2D eigenvalue weighted by Gasteiger charge is -2.20. The molecular formula is C10H17N3O. The van der Waals surface area contributed by atoms with Gasteiger partial charge in [0.25, 0.3) is 0 Å². The quantitative estimate of drug-likeness (QED) is 0.778. The van der Waals surface area contributed by atoms with Crippen LogP contribution in [0.15, 0.2) is 6.20 Å². The van der Waals surface area contributed by atoms with Crippen LogP contribution in [0.5, 0.6) is 0 Å². The molecule has 0 saturated heterocycles. The normalized spacial score (nSPS) is 20.9. The highest BCUT2D eigenvalue weighted by Gasteiger charge is 2.17. The van der Waals surface area contributed by atoms with Gasteiger partial charge in [-0.3, -0.25) is 0 Å². The van der Waals surface area contributed by atoms with E-state index in [0.29, 0.717) is 0 Å². The summed E-state index contributed by atoms with van der Waals surface area (Å²) in [5, 5.41) is 0. The minimum absolute atomic E-state index is 0.127. The van der Waals surface area contributed by atoms with Crippen LogP contribution in [0.25, 0.3) is 0 Å². The van der Waals surface area contributed by atoms with E-state index in [-0.39, 0.29) is 6.17 Å². The Morgan fingerprint density at radius 1 is 1.71 bits per heavy atom. The third-order valence-corrected chi connectivity index (χ3v) is 2.68. The summed E-state index contributed by atoms with van der Waals surface area (Å²) in [4.78, 5) is 4.54. The number of nitrogens with zero attached hydrogens (tertiary/aromatic N) is 2. The number of hydrogen-bond donors (Lipinski definition) is 1. The number of fused-ring (bicyclic) bond motifs is 1. The molecule has 1 aliphatic heterocycles. The Kier molecular flexibility index (Phi) is 2.84. The SMILES string of the molecule is COCCc1cn2c(n1)CCCC2N. The highest BCUT2D eigenvalue weighted by atomic mass is 16.5. The molecule has 78 valence electrons. The van der Waals surface area contributed by atoms with Gasteiger partial charge in [-0.2, -0.15) is 0 Å². The maximum absolute atomic E-state index is 5.98. The van der Waals surface area contributed by atoms with Crippen molar-refractivity contribution >= 4 is 0 Å². The lowest BCUT2D eigenvalue weighted by molar-refractivity contribution is 0.201. The van der Waals surface area contributed by atoms with Gasteiger partial charge >= 0.3 is 0 Å². The number of rotatable bonds is 3. The van der Waals surface area contributed by atoms with E-state index in [2.05, 4.69) is 15.7 Å². The van der Waals surface area contributed by atoms with Crippen LogP contribution in [0.1, 0.15) is 30.5 Å². The molecule has 1 aliphatic rings. The molecule has 0 radical (unpaired) electrons. The van der Waals surface area contributed by atoms with Gasteiger partial charge in [-0.1, -0.05) is 0 Å². The molecule has 4 heteroatoms. The number of aromatic nitrogens is 2. The topological polar surface area (TPSA) is 53.1 Å². The zero-order valence-corrected chi connectivity index (χ0v) is 8.57. The molecule has 4 nitrogen and oxygen atoms in total. The molecule has 0 fully saturated rings. The molecule has 0 aliphatic carbocycles. The van der Waals surface area contributed by atoms with Gasteiger partial charge in [-0.15, -0.1) is 0 Å². The predicted molar refractivity (Wildman–Crippen MR) is 54.0 cm³/mol. The average molecular weight is 195 g/mol. The first-order valence-electron chi connectivity index (χ1n) is 5.12. The summed E-state index contributed by atoms with van der Waals surface area (Å²) in [7, 11) is 1.71. The monoisotopic (exact) mass is 195 g/mol. The van der Waals surface area contributed by atoms with Crippen LogP contribution in [0.2, 0.25) is 0 Å². The van der Waals surface area contributed by atoms with E-state index in [1.807, 2.05) is 0 Å². The third kappa shape index (κ3) is 1.81. The summed E-state index contributed by atoms with van der Waals surface area (Å²) in [5.41, 5.74) is 7.08. The van der Waals surface area contributed by atoms with Crippen molar-refractivity contribution in [3.05, 3.63) is 17.7 Å². The van der Waals surface area contributed by atoms with Crippen LogP contribution in [-0.2, 0) is 17.6 Å². The molecule has 2 heterocycles. The molecule has 0 spiro atoms. The van der Waals surface area contributed by atoms with Crippen molar-refractivity contribution in [2.24, 2.45) is 5.73 Å². The number of methoxy groups -OCH3 is 1. The second-order valence-corrected chi connectivity index (χ2v) is 3.76. The van der Waals surface area contributed by atoms with Gasteiger partial charge in [-0.25, -0.2) is 4.98 Å². The highest BCUT2D eigenvalue weighted by Crippen LogP contribution is 2.20. The molecule has 0 amide bonds. The summed E-state index contributed by atoms with van der Waals surface area (Å²) < 4.78 is 7.13. The molecule has 1 unspecified atom stereocenters. The first kappa shape index (κ1) is 9.68. The minimum atomic E-state index is 0.127. The number of ether oxygens (including phenoxy) is 1. The van der Waals surface area contributed by atoms with Gasteiger partial charge in [0.15, 0.2) is 0 Å². The second-order valence-electron chi connectivity index (χ2n) is 3.76. The van der Waals surface area contributed by atoms with E-state index in [1.165, 1.54) is 0 Å². The molecular weight excluding hydrogens is 178 g/mol. The van der Waals surface area contributed by atoms with E-state index in [9.17, 15) is 0 Å². The molecule has 1 aromatic heterocycles. The Labute approximate surface area is 84.1 Å². The van der Waals surface area contributed by atoms with Crippen molar-refractivity contribution in [3.8, 4) is 0 Å². The number of nitrogens with two attached hydrogens (primary N) is 1. The summed E-state index contributed by atoms with van der Waals surface area (Å²) in [6.07, 6.45) is 6.35. The molecule has 0 aromatic carbocycles. The van der Waals surface area contributed by atoms with Crippen molar-refractivity contribution in [2.75, 3.05) is 13.7 Å². The number of hydrogen-bond acceptors (Lipinski definition) is 3. The summed E-state index contributed by atoms with van der Waals surface area (Å²) >= 11 is 0. The van der Waals surface area contributed by atoms with E-state index < -0.39 is 0 Å². The molecule has 1 atom stereocenters. The lowest BCUT2D eigenvalue weighted by Crippen LogP contribution is -2.24. The van der Waals surface area contributed by atoms with Crippen LogP contribution in [-0.4, -0.2) is 23.3 Å². The maximum Gasteiger partial charge on any atom is 0.110 e. The Morgan fingerprint density at radius 3 is 3.29 bits per heavy atom. The molecule has 0 saturated carbocycles. The van der Waals surface area contributed by atoms with Crippen LogP contribution >= 0.6 is 0 Å². The minimum Gasteiger partial charge on any atom is -0.384 e.